The van der Waals surface area contributed by atoms with Gasteiger partial charge < -0.3 is 19.5 Å². The van der Waals surface area contributed by atoms with Crippen LogP contribution in [0.2, 0.25) is 0 Å². The van der Waals surface area contributed by atoms with Crippen LogP contribution in [0.15, 0.2) is 42.5 Å². The summed E-state index contributed by atoms with van der Waals surface area (Å²) in [7, 11) is 0. The van der Waals surface area contributed by atoms with Crippen LogP contribution in [-0.2, 0) is 16.0 Å². The summed E-state index contributed by atoms with van der Waals surface area (Å²) in [4.78, 5) is 29.9. The van der Waals surface area contributed by atoms with E-state index < -0.39 is 5.97 Å². The molecule has 1 aromatic heterocycles. The predicted octanol–water partition coefficient (Wildman–Crippen LogP) is 4.13. The Morgan fingerprint density at radius 2 is 1.97 bits per heavy atom. The molecule has 1 amide bonds. The van der Waals surface area contributed by atoms with Crippen molar-refractivity contribution in [2.75, 3.05) is 19.9 Å². The van der Waals surface area contributed by atoms with E-state index in [-0.39, 0.29) is 19.3 Å². The van der Waals surface area contributed by atoms with E-state index in [1.807, 2.05) is 49.4 Å². The van der Waals surface area contributed by atoms with E-state index in [0.717, 1.165) is 57.6 Å². The highest BCUT2D eigenvalue weighted by atomic mass is 16.7. The van der Waals surface area contributed by atoms with Gasteiger partial charge >= 0.3 is 5.97 Å². The largest absolute Gasteiger partial charge is 0.454 e. The van der Waals surface area contributed by atoms with Gasteiger partial charge in [0, 0.05) is 11.9 Å². The Hall–Kier alpha value is -3.87. The minimum Gasteiger partial charge on any atom is -0.454 e. The van der Waals surface area contributed by atoms with Crippen LogP contribution in [-0.4, -0.2) is 36.8 Å². The molecule has 7 nitrogen and oxygen atoms in total. The molecular formula is C26H24N2O5. The second kappa shape index (κ2) is 8.94. The molecule has 2 aromatic carbocycles. The van der Waals surface area contributed by atoms with Crippen molar-refractivity contribution < 1.29 is 23.8 Å². The Morgan fingerprint density at radius 3 is 2.85 bits per heavy atom. The van der Waals surface area contributed by atoms with Gasteiger partial charge in [-0.05, 0) is 60.2 Å². The van der Waals surface area contributed by atoms with Crippen LogP contribution >= 0.6 is 0 Å². The zero-order valence-electron chi connectivity index (χ0n) is 18.3. The van der Waals surface area contributed by atoms with E-state index in [2.05, 4.69) is 11.4 Å². The Bertz CT molecular complexity index is 1280. The normalized spacial score (nSPS) is 15.0. The number of nitrogens with zero attached hydrogens (tertiary/aromatic N) is 1. The highest BCUT2D eigenvalue weighted by Crippen LogP contribution is 2.39. The minimum atomic E-state index is -0.499. The van der Waals surface area contributed by atoms with Crippen molar-refractivity contribution in [3.63, 3.8) is 0 Å². The fourth-order valence-corrected chi connectivity index (χ4v) is 4.24. The Balaban J connectivity index is 1.50. The average Bonchev–Trinajstić information content (AvgIpc) is 3.46. The molecular weight excluding hydrogens is 420 g/mol. The van der Waals surface area contributed by atoms with Crippen LogP contribution in [0, 0.1) is 0 Å². The Labute approximate surface area is 191 Å². The summed E-state index contributed by atoms with van der Waals surface area (Å²) in [6.45, 7) is 2.45. The predicted molar refractivity (Wildman–Crippen MR) is 124 cm³/mol. The molecule has 0 spiro atoms. The topological polar surface area (TPSA) is 86.8 Å². The third-order valence-electron chi connectivity index (χ3n) is 5.79. The number of fused-ring (bicyclic) bond motifs is 3. The molecule has 1 aliphatic heterocycles. The van der Waals surface area contributed by atoms with E-state index in [4.69, 9.17) is 19.2 Å². The Morgan fingerprint density at radius 1 is 1.12 bits per heavy atom. The van der Waals surface area contributed by atoms with Crippen LogP contribution < -0.4 is 14.8 Å². The maximum absolute atomic E-state index is 13.1. The van der Waals surface area contributed by atoms with E-state index in [1.165, 1.54) is 0 Å². The molecule has 168 valence electrons. The van der Waals surface area contributed by atoms with Crippen LogP contribution in [0.25, 0.3) is 22.6 Å². The van der Waals surface area contributed by atoms with Crippen molar-refractivity contribution in [1.82, 2.24) is 10.3 Å². The van der Waals surface area contributed by atoms with Gasteiger partial charge in [0.25, 0.3) is 5.91 Å². The molecule has 0 radical (unpaired) electrons. The van der Waals surface area contributed by atoms with Gasteiger partial charge in [0.2, 0.25) is 6.79 Å². The number of para-hydroxylation sites is 1. The third kappa shape index (κ3) is 4.14. The fourth-order valence-electron chi connectivity index (χ4n) is 4.24. The zero-order chi connectivity index (χ0) is 22.8. The lowest BCUT2D eigenvalue weighted by atomic mass is 10.0. The number of esters is 1. The first-order valence-electron chi connectivity index (χ1n) is 11.1. The number of nitrogens with one attached hydrogen (secondary N) is 1. The molecule has 0 saturated carbocycles. The molecule has 0 saturated heterocycles. The number of carbonyl (C=O) groups is 2. The van der Waals surface area contributed by atoms with E-state index >= 15 is 0 Å². The molecule has 5 rings (SSSR count). The zero-order valence-corrected chi connectivity index (χ0v) is 18.3. The highest BCUT2D eigenvalue weighted by molar-refractivity contribution is 6.07. The SMILES string of the molecule is CCCNC(=O)COC(=O)c1c2c(nc3ccccc13)/C(=C/c1ccc3c(c1)OCO3)CC2. The lowest BCUT2D eigenvalue weighted by Crippen LogP contribution is -2.29. The fraction of sp³-hybridized carbons (Fsp3) is 0.269. The monoisotopic (exact) mass is 444 g/mol. The number of ether oxygens (including phenoxy) is 3. The van der Waals surface area contributed by atoms with Gasteiger partial charge in [0.15, 0.2) is 18.1 Å². The van der Waals surface area contributed by atoms with Crippen molar-refractivity contribution in [3.05, 3.63) is 64.8 Å². The number of benzene rings is 2. The summed E-state index contributed by atoms with van der Waals surface area (Å²) in [6, 6.07) is 13.3. The molecule has 0 unspecified atom stereocenters. The van der Waals surface area contributed by atoms with E-state index in [9.17, 15) is 9.59 Å². The second-order valence-corrected chi connectivity index (χ2v) is 8.04. The average molecular weight is 444 g/mol. The number of carbonyl (C=O) groups excluding carboxylic acids is 2. The Kier molecular flexibility index (Phi) is 5.69. The van der Waals surface area contributed by atoms with Gasteiger partial charge in [-0.25, -0.2) is 9.78 Å². The van der Waals surface area contributed by atoms with Gasteiger partial charge in [-0.15, -0.1) is 0 Å². The maximum atomic E-state index is 13.1. The summed E-state index contributed by atoms with van der Waals surface area (Å²) in [5, 5.41) is 3.46. The first-order chi connectivity index (χ1) is 16.1. The molecule has 1 N–H and O–H groups in total. The smallest absolute Gasteiger partial charge is 0.339 e. The molecule has 1 aliphatic carbocycles. The molecule has 3 aromatic rings. The maximum Gasteiger partial charge on any atom is 0.339 e. The summed E-state index contributed by atoms with van der Waals surface area (Å²) in [5.74, 6) is 0.658. The molecule has 33 heavy (non-hydrogen) atoms. The lowest BCUT2D eigenvalue weighted by molar-refractivity contribution is -0.124. The van der Waals surface area contributed by atoms with Gasteiger partial charge in [0.1, 0.15) is 0 Å². The standard InChI is InChI=1S/C26H24N2O5/c1-2-11-27-23(29)14-31-26(30)24-18-5-3-4-6-20(18)28-25-17(8-9-19(24)25)12-16-7-10-21-22(13-16)33-15-32-21/h3-7,10,12-13H,2,8-9,11,14-15H2,1H3,(H,27,29)/b17-12+. The van der Waals surface area contributed by atoms with Gasteiger partial charge in [-0.3, -0.25) is 4.79 Å². The van der Waals surface area contributed by atoms with Crippen molar-refractivity contribution in [1.29, 1.82) is 0 Å². The van der Waals surface area contributed by atoms with Crippen molar-refractivity contribution in [2.24, 2.45) is 0 Å². The molecule has 7 heteroatoms. The van der Waals surface area contributed by atoms with Crippen LogP contribution in [0.4, 0.5) is 0 Å². The number of hydrogen-bond acceptors (Lipinski definition) is 6. The molecule has 0 atom stereocenters. The van der Waals surface area contributed by atoms with Crippen molar-refractivity contribution in [2.45, 2.75) is 26.2 Å². The van der Waals surface area contributed by atoms with Crippen LogP contribution in [0.5, 0.6) is 11.5 Å². The number of aromatic nitrogens is 1. The summed E-state index contributed by atoms with van der Waals surface area (Å²) in [5.41, 5.74) is 4.90. The summed E-state index contributed by atoms with van der Waals surface area (Å²) in [6.07, 6.45) is 4.32. The second-order valence-electron chi connectivity index (χ2n) is 8.04. The van der Waals surface area contributed by atoms with Gasteiger partial charge in [0.05, 0.1) is 16.8 Å². The first-order valence-corrected chi connectivity index (χ1v) is 11.1. The first kappa shape index (κ1) is 21.0. The molecule has 0 bridgehead atoms. The van der Waals surface area contributed by atoms with Crippen molar-refractivity contribution >= 4 is 34.4 Å². The van der Waals surface area contributed by atoms with Crippen LogP contribution in [0.1, 0.15) is 46.9 Å². The number of pyridine rings is 1. The molecule has 2 aliphatic rings. The number of rotatable bonds is 6. The van der Waals surface area contributed by atoms with Gasteiger partial charge in [-0.1, -0.05) is 31.2 Å². The van der Waals surface area contributed by atoms with Gasteiger partial charge in [-0.2, -0.15) is 0 Å². The quantitative estimate of drug-likeness (QED) is 0.575. The number of hydrogen-bond donors (Lipinski definition) is 1. The van der Waals surface area contributed by atoms with Crippen molar-refractivity contribution in [3.8, 4) is 11.5 Å². The highest BCUT2D eigenvalue weighted by Gasteiger charge is 2.28. The number of allylic oxidation sites excluding steroid dienone is 1. The molecule has 0 fully saturated rings. The third-order valence-corrected chi connectivity index (χ3v) is 5.79. The van der Waals surface area contributed by atoms with E-state index in [0.29, 0.717) is 18.5 Å². The lowest BCUT2D eigenvalue weighted by Gasteiger charge is -2.12. The summed E-state index contributed by atoms with van der Waals surface area (Å²) >= 11 is 0. The summed E-state index contributed by atoms with van der Waals surface area (Å²) < 4.78 is 16.3. The van der Waals surface area contributed by atoms with E-state index in [1.54, 1.807) is 0 Å². The molecule has 2 heterocycles. The minimum absolute atomic E-state index is 0.230. The number of amides is 1. The van der Waals surface area contributed by atoms with Crippen LogP contribution in [0.3, 0.4) is 0 Å².